The molecule has 144 valence electrons. The second kappa shape index (κ2) is 7.90. The maximum Gasteiger partial charge on any atom is 0.274 e. The van der Waals surface area contributed by atoms with Gasteiger partial charge < -0.3 is 14.5 Å². The van der Waals surface area contributed by atoms with E-state index in [1.54, 1.807) is 36.3 Å². The van der Waals surface area contributed by atoms with Gasteiger partial charge in [-0.1, -0.05) is 23.7 Å². The normalized spacial score (nSPS) is 14.2. The van der Waals surface area contributed by atoms with Crippen molar-refractivity contribution < 1.29 is 9.53 Å². The Hall–Kier alpha value is -3.06. The van der Waals surface area contributed by atoms with Crippen LogP contribution in [-0.2, 0) is 0 Å². The summed E-state index contributed by atoms with van der Waals surface area (Å²) in [6.45, 7) is 2.63. The Morgan fingerprint density at radius 1 is 1.11 bits per heavy atom. The first-order chi connectivity index (χ1) is 13.7. The molecule has 1 amide bonds. The largest absolute Gasteiger partial charge is 0.497 e. The molecule has 4 rings (SSSR count). The predicted molar refractivity (Wildman–Crippen MR) is 107 cm³/mol. The van der Waals surface area contributed by atoms with Gasteiger partial charge in [-0.25, -0.2) is 9.67 Å². The van der Waals surface area contributed by atoms with E-state index < -0.39 is 0 Å². The number of rotatable bonds is 4. The first-order valence-electron chi connectivity index (χ1n) is 9.00. The second-order valence-electron chi connectivity index (χ2n) is 6.43. The summed E-state index contributed by atoms with van der Waals surface area (Å²) in [5, 5.41) is 5.00. The van der Waals surface area contributed by atoms with Crippen molar-refractivity contribution >= 4 is 23.3 Å². The highest BCUT2D eigenvalue weighted by atomic mass is 35.5. The molecule has 1 aliphatic heterocycles. The van der Waals surface area contributed by atoms with Crippen LogP contribution in [0, 0.1) is 0 Å². The van der Waals surface area contributed by atoms with Crippen LogP contribution in [0.3, 0.4) is 0 Å². The monoisotopic (exact) mass is 397 g/mol. The Morgan fingerprint density at radius 2 is 1.89 bits per heavy atom. The van der Waals surface area contributed by atoms with E-state index in [-0.39, 0.29) is 5.91 Å². The minimum Gasteiger partial charge on any atom is -0.497 e. The van der Waals surface area contributed by atoms with Crippen LogP contribution in [0.15, 0.2) is 54.9 Å². The van der Waals surface area contributed by atoms with Crippen LogP contribution in [0.5, 0.6) is 5.75 Å². The van der Waals surface area contributed by atoms with Crippen molar-refractivity contribution in [1.29, 1.82) is 0 Å². The van der Waals surface area contributed by atoms with Crippen LogP contribution in [0.4, 0.5) is 5.82 Å². The van der Waals surface area contributed by atoms with Crippen LogP contribution in [-0.4, -0.2) is 58.9 Å². The fourth-order valence-electron chi connectivity index (χ4n) is 3.21. The lowest BCUT2D eigenvalue weighted by molar-refractivity contribution is 0.0740. The Labute approximate surface area is 168 Å². The zero-order valence-electron chi connectivity index (χ0n) is 15.5. The third-order valence-electron chi connectivity index (χ3n) is 4.75. The Morgan fingerprint density at radius 3 is 2.64 bits per heavy atom. The van der Waals surface area contributed by atoms with Crippen molar-refractivity contribution in [3.8, 4) is 11.4 Å². The number of nitrogens with zero attached hydrogens (tertiary/aromatic N) is 5. The van der Waals surface area contributed by atoms with Gasteiger partial charge in [-0.2, -0.15) is 5.10 Å². The van der Waals surface area contributed by atoms with E-state index in [0.717, 1.165) is 17.3 Å². The van der Waals surface area contributed by atoms with Gasteiger partial charge >= 0.3 is 0 Å². The molecule has 3 heterocycles. The number of pyridine rings is 1. The van der Waals surface area contributed by atoms with Gasteiger partial charge in [0.15, 0.2) is 5.69 Å². The van der Waals surface area contributed by atoms with Gasteiger partial charge in [-0.15, -0.1) is 0 Å². The number of halogens is 1. The molecule has 0 radical (unpaired) electrons. The van der Waals surface area contributed by atoms with Crippen molar-refractivity contribution in [2.45, 2.75) is 0 Å². The summed E-state index contributed by atoms with van der Waals surface area (Å²) in [4.78, 5) is 21.2. The highest BCUT2D eigenvalue weighted by Gasteiger charge is 2.24. The number of carbonyl (C=O) groups is 1. The van der Waals surface area contributed by atoms with Crippen molar-refractivity contribution in [1.82, 2.24) is 19.7 Å². The van der Waals surface area contributed by atoms with Crippen molar-refractivity contribution in [3.63, 3.8) is 0 Å². The number of aromatic nitrogens is 3. The Kier molecular flexibility index (Phi) is 5.16. The van der Waals surface area contributed by atoms with Crippen LogP contribution in [0.1, 0.15) is 10.5 Å². The van der Waals surface area contributed by atoms with Gasteiger partial charge in [0.05, 0.1) is 17.8 Å². The number of piperazine rings is 1. The summed E-state index contributed by atoms with van der Waals surface area (Å²) in [5.74, 6) is 1.55. The standard InChI is InChI=1S/C20H20ClN5O2/c1-28-15-6-8-22-19(14-15)24-10-12-25(13-11-24)20(27)17-7-9-26(23-17)18-5-3-2-4-16(18)21/h2-9,14H,10-13H2,1H3. The molecule has 1 aromatic carbocycles. The lowest BCUT2D eigenvalue weighted by atomic mass is 10.2. The number of anilines is 1. The highest BCUT2D eigenvalue weighted by molar-refractivity contribution is 6.32. The number of ether oxygens (including phenoxy) is 1. The second-order valence-corrected chi connectivity index (χ2v) is 6.84. The fraction of sp³-hybridized carbons (Fsp3) is 0.250. The summed E-state index contributed by atoms with van der Waals surface area (Å²) in [6.07, 6.45) is 3.48. The van der Waals surface area contributed by atoms with Crippen molar-refractivity contribution in [2.24, 2.45) is 0 Å². The average molecular weight is 398 g/mol. The lowest BCUT2D eigenvalue weighted by Gasteiger charge is -2.35. The van der Waals surface area contributed by atoms with Crippen LogP contribution in [0.2, 0.25) is 5.02 Å². The molecule has 8 heteroatoms. The smallest absolute Gasteiger partial charge is 0.274 e. The molecule has 3 aromatic rings. The van der Waals surface area contributed by atoms with Crippen LogP contribution in [0.25, 0.3) is 5.69 Å². The molecule has 0 N–H and O–H groups in total. The summed E-state index contributed by atoms with van der Waals surface area (Å²) >= 11 is 6.22. The average Bonchev–Trinajstić information content (AvgIpc) is 3.24. The van der Waals surface area contributed by atoms with Gasteiger partial charge in [0.1, 0.15) is 11.6 Å². The van der Waals surface area contributed by atoms with Gasteiger partial charge in [-0.05, 0) is 24.3 Å². The minimum atomic E-state index is -0.0796. The predicted octanol–water partition coefficient (Wildman–Crippen LogP) is 2.89. The van der Waals surface area contributed by atoms with E-state index in [4.69, 9.17) is 16.3 Å². The molecule has 0 atom stereocenters. The maximum atomic E-state index is 12.8. The quantitative estimate of drug-likeness (QED) is 0.677. The number of para-hydroxylation sites is 1. The Bertz CT molecular complexity index is 982. The topological polar surface area (TPSA) is 63.5 Å². The van der Waals surface area contributed by atoms with E-state index in [9.17, 15) is 4.79 Å². The minimum absolute atomic E-state index is 0.0796. The first kappa shape index (κ1) is 18.3. The van der Waals surface area contributed by atoms with Crippen molar-refractivity contribution in [3.05, 3.63) is 65.6 Å². The Balaban J connectivity index is 1.42. The molecule has 28 heavy (non-hydrogen) atoms. The number of hydrogen-bond acceptors (Lipinski definition) is 5. The molecule has 0 unspecified atom stereocenters. The van der Waals surface area contributed by atoms with Crippen molar-refractivity contribution in [2.75, 3.05) is 38.2 Å². The first-order valence-corrected chi connectivity index (χ1v) is 9.38. The van der Waals surface area contributed by atoms with Crippen LogP contribution >= 0.6 is 11.6 Å². The zero-order chi connectivity index (χ0) is 19.5. The highest BCUT2D eigenvalue weighted by Crippen LogP contribution is 2.21. The van der Waals surface area contributed by atoms with Crippen LogP contribution < -0.4 is 9.64 Å². The molecule has 0 aliphatic carbocycles. The molecule has 1 aliphatic rings. The van der Waals surface area contributed by atoms with E-state index in [2.05, 4.69) is 15.0 Å². The number of methoxy groups -OCH3 is 1. The van der Waals surface area contributed by atoms with Gasteiger partial charge in [0.25, 0.3) is 5.91 Å². The molecule has 0 spiro atoms. The van der Waals surface area contributed by atoms with E-state index in [1.807, 2.05) is 35.2 Å². The van der Waals surface area contributed by atoms with E-state index in [0.29, 0.717) is 36.9 Å². The molecule has 0 saturated carbocycles. The summed E-state index contributed by atoms with van der Waals surface area (Å²) in [7, 11) is 1.64. The molecule has 1 saturated heterocycles. The molecule has 1 fully saturated rings. The van der Waals surface area contributed by atoms with E-state index in [1.165, 1.54) is 0 Å². The third kappa shape index (κ3) is 3.66. The maximum absolute atomic E-state index is 12.8. The summed E-state index contributed by atoms with van der Waals surface area (Å²) < 4.78 is 6.89. The number of amides is 1. The lowest BCUT2D eigenvalue weighted by Crippen LogP contribution is -2.49. The summed E-state index contributed by atoms with van der Waals surface area (Å²) in [6, 6.07) is 12.9. The van der Waals surface area contributed by atoms with Gasteiger partial charge in [-0.3, -0.25) is 4.79 Å². The molecular weight excluding hydrogens is 378 g/mol. The van der Waals surface area contributed by atoms with Gasteiger partial charge in [0.2, 0.25) is 0 Å². The third-order valence-corrected chi connectivity index (χ3v) is 5.07. The number of benzene rings is 1. The van der Waals surface area contributed by atoms with Gasteiger partial charge in [0, 0.05) is 44.6 Å². The molecular formula is C20H20ClN5O2. The molecule has 7 nitrogen and oxygen atoms in total. The fourth-order valence-corrected chi connectivity index (χ4v) is 3.43. The summed E-state index contributed by atoms with van der Waals surface area (Å²) in [5.41, 5.74) is 1.16. The molecule has 0 bridgehead atoms. The number of carbonyl (C=O) groups excluding carboxylic acids is 1. The molecule has 2 aromatic heterocycles. The van der Waals surface area contributed by atoms with E-state index >= 15 is 0 Å². The zero-order valence-corrected chi connectivity index (χ0v) is 16.2. The number of hydrogen-bond donors (Lipinski definition) is 0. The SMILES string of the molecule is COc1ccnc(N2CCN(C(=O)c3ccn(-c4ccccc4Cl)n3)CC2)c1.